The molecule has 0 saturated carbocycles. The summed E-state index contributed by atoms with van der Waals surface area (Å²) in [7, 11) is 0. The van der Waals surface area contributed by atoms with Crippen LogP contribution in [0.1, 0.15) is 30.2 Å². The van der Waals surface area contributed by atoms with Gasteiger partial charge in [-0.25, -0.2) is 4.68 Å². The fourth-order valence-corrected chi connectivity index (χ4v) is 3.05. The Morgan fingerprint density at radius 2 is 2.27 bits per heavy atom. The Labute approximate surface area is 127 Å². The van der Waals surface area contributed by atoms with Gasteiger partial charge in [-0.2, -0.15) is 0 Å². The first-order valence-electron chi connectivity index (χ1n) is 7.45. The molecule has 6 nitrogen and oxygen atoms in total. The molecule has 22 heavy (non-hydrogen) atoms. The van der Waals surface area contributed by atoms with Crippen LogP contribution in [-0.2, 0) is 17.8 Å². The number of hydrogen-bond acceptors (Lipinski definition) is 4. The number of aromatic nitrogens is 3. The number of benzene rings is 1. The largest absolute Gasteiger partial charge is 0.469 e. The maximum atomic E-state index is 12.3. The van der Waals surface area contributed by atoms with Crippen LogP contribution in [0.4, 0.5) is 0 Å². The van der Waals surface area contributed by atoms with Gasteiger partial charge in [-0.1, -0.05) is 17.3 Å². The van der Waals surface area contributed by atoms with E-state index in [1.807, 2.05) is 30.3 Å². The predicted molar refractivity (Wildman–Crippen MR) is 80.1 cm³/mol. The summed E-state index contributed by atoms with van der Waals surface area (Å²) in [6.45, 7) is 0.171. The summed E-state index contributed by atoms with van der Waals surface area (Å²) in [6, 6.07) is 9.60. The summed E-state index contributed by atoms with van der Waals surface area (Å²) in [5.74, 6) is 0.928. The van der Waals surface area contributed by atoms with Crippen LogP contribution in [0.15, 0.2) is 41.0 Å². The van der Waals surface area contributed by atoms with E-state index >= 15 is 0 Å². The molecule has 0 radical (unpaired) electrons. The Bertz CT molecular complexity index is 820. The quantitative estimate of drug-likeness (QED) is 0.804. The Kier molecular flexibility index (Phi) is 3.14. The molecule has 1 amide bonds. The molecule has 0 bridgehead atoms. The summed E-state index contributed by atoms with van der Waals surface area (Å²) >= 11 is 0. The van der Waals surface area contributed by atoms with Crippen molar-refractivity contribution in [2.75, 3.05) is 0 Å². The first-order chi connectivity index (χ1) is 10.8. The van der Waals surface area contributed by atoms with E-state index in [4.69, 9.17) is 4.42 Å². The van der Waals surface area contributed by atoms with Crippen molar-refractivity contribution < 1.29 is 9.21 Å². The van der Waals surface area contributed by atoms with Crippen molar-refractivity contribution in [3.8, 4) is 0 Å². The van der Waals surface area contributed by atoms with Crippen molar-refractivity contribution in [1.29, 1.82) is 0 Å². The number of fused-ring (bicyclic) bond motifs is 2. The van der Waals surface area contributed by atoms with E-state index in [9.17, 15) is 4.79 Å². The monoisotopic (exact) mass is 296 g/mol. The molecule has 4 rings (SSSR count). The molecule has 0 spiro atoms. The molecule has 2 aromatic heterocycles. The van der Waals surface area contributed by atoms with Gasteiger partial charge >= 0.3 is 0 Å². The van der Waals surface area contributed by atoms with E-state index in [1.54, 1.807) is 10.9 Å². The van der Waals surface area contributed by atoms with Gasteiger partial charge in [0.1, 0.15) is 17.8 Å². The molecule has 3 aromatic rings. The maximum Gasteiger partial charge on any atom is 0.242 e. The van der Waals surface area contributed by atoms with Gasteiger partial charge in [-0.05, 0) is 31.0 Å². The average molecular weight is 296 g/mol. The van der Waals surface area contributed by atoms with Crippen LogP contribution in [0.5, 0.6) is 0 Å². The van der Waals surface area contributed by atoms with Gasteiger partial charge in [0, 0.05) is 12.0 Å². The lowest BCUT2D eigenvalue weighted by Gasteiger charge is -2.22. The number of amides is 1. The molecule has 2 heterocycles. The highest BCUT2D eigenvalue weighted by molar-refractivity contribution is 5.80. The van der Waals surface area contributed by atoms with Gasteiger partial charge in [0.15, 0.2) is 0 Å². The van der Waals surface area contributed by atoms with Gasteiger partial charge in [-0.3, -0.25) is 4.79 Å². The number of carbonyl (C=O) groups is 1. The van der Waals surface area contributed by atoms with Gasteiger partial charge in [0.2, 0.25) is 5.91 Å². The highest BCUT2D eigenvalue weighted by Gasteiger charge is 2.24. The van der Waals surface area contributed by atoms with Gasteiger partial charge in [-0.15, -0.1) is 5.10 Å². The second-order valence-corrected chi connectivity index (χ2v) is 5.55. The van der Waals surface area contributed by atoms with E-state index in [1.165, 1.54) is 0 Å². The molecule has 0 fully saturated rings. The fourth-order valence-electron chi connectivity index (χ4n) is 3.05. The molecule has 6 heteroatoms. The molecule has 0 saturated heterocycles. The van der Waals surface area contributed by atoms with Crippen molar-refractivity contribution in [3.63, 3.8) is 0 Å². The number of nitrogens with zero attached hydrogens (tertiary/aromatic N) is 3. The smallest absolute Gasteiger partial charge is 0.242 e. The van der Waals surface area contributed by atoms with E-state index in [0.29, 0.717) is 0 Å². The minimum Gasteiger partial charge on any atom is -0.469 e. The van der Waals surface area contributed by atoms with Crippen LogP contribution in [0.25, 0.3) is 11.0 Å². The average Bonchev–Trinajstić information content (AvgIpc) is 3.15. The summed E-state index contributed by atoms with van der Waals surface area (Å²) in [5, 5.41) is 11.2. The highest BCUT2D eigenvalue weighted by Crippen LogP contribution is 2.30. The highest BCUT2D eigenvalue weighted by atomic mass is 16.3. The van der Waals surface area contributed by atoms with Crippen LogP contribution >= 0.6 is 0 Å². The molecular formula is C16H16N4O2. The van der Waals surface area contributed by atoms with Crippen LogP contribution in [0, 0.1) is 0 Å². The summed E-state index contributed by atoms with van der Waals surface area (Å²) in [6.07, 6.45) is 4.61. The zero-order valence-electron chi connectivity index (χ0n) is 12.0. The van der Waals surface area contributed by atoms with E-state index < -0.39 is 0 Å². The molecule has 1 aliphatic rings. The lowest BCUT2D eigenvalue weighted by atomic mass is 9.93. The molecule has 1 aliphatic carbocycles. The molecule has 1 atom stereocenters. The minimum absolute atomic E-state index is 0.0322. The van der Waals surface area contributed by atoms with Crippen molar-refractivity contribution in [2.45, 2.75) is 31.8 Å². The Hall–Kier alpha value is -2.63. The molecule has 0 unspecified atom stereocenters. The topological polar surface area (TPSA) is 73.0 Å². The number of para-hydroxylation sites is 1. The third kappa shape index (κ3) is 2.26. The Balaban J connectivity index is 1.50. The van der Waals surface area contributed by atoms with Crippen molar-refractivity contribution in [1.82, 2.24) is 20.3 Å². The zero-order chi connectivity index (χ0) is 14.9. The van der Waals surface area contributed by atoms with Crippen LogP contribution in [0.2, 0.25) is 0 Å². The third-order valence-corrected chi connectivity index (χ3v) is 4.10. The third-order valence-electron chi connectivity index (χ3n) is 4.10. The molecule has 0 aliphatic heterocycles. The molecule has 1 N–H and O–H groups in total. The van der Waals surface area contributed by atoms with Crippen molar-refractivity contribution in [3.05, 3.63) is 47.9 Å². The van der Waals surface area contributed by atoms with E-state index in [0.717, 1.165) is 41.6 Å². The van der Waals surface area contributed by atoms with E-state index in [2.05, 4.69) is 15.6 Å². The van der Waals surface area contributed by atoms with Crippen molar-refractivity contribution >= 4 is 16.9 Å². The standard InChI is InChI=1S/C16H16N4O2/c21-16(10-20-14-6-2-1-4-13(14)18-19-20)17-12-5-3-7-15-11(12)8-9-22-15/h1-2,4,6,8-9,12H,3,5,7,10H2,(H,17,21)/t12-/m1/s1. The van der Waals surface area contributed by atoms with E-state index in [-0.39, 0.29) is 18.5 Å². The van der Waals surface area contributed by atoms with Crippen LogP contribution in [0.3, 0.4) is 0 Å². The second-order valence-electron chi connectivity index (χ2n) is 5.55. The summed E-state index contributed by atoms with van der Waals surface area (Å²) < 4.78 is 7.08. The first-order valence-corrected chi connectivity index (χ1v) is 7.45. The first kappa shape index (κ1) is 13.1. The Morgan fingerprint density at radius 1 is 1.36 bits per heavy atom. The molecular weight excluding hydrogens is 280 g/mol. The number of nitrogens with one attached hydrogen (secondary N) is 1. The number of carbonyl (C=O) groups excluding carboxylic acids is 1. The number of rotatable bonds is 3. The summed E-state index contributed by atoms with van der Waals surface area (Å²) in [5.41, 5.74) is 2.76. The van der Waals surface area contributed by atoms with Crippen LogP contribution < -0.4 is 5.32 Å². The molecule has 112 valence electrons. The number of furan rings is 1. The zero-order valence-corrected chi connectivity index (χ0v) is 12.0. The predicted octanol–water partition coefficient (Wildman–Crippen LogP) is 2.22. The Morgan fingerprint density at radius 3 is 3.23 bits per heavy atom. The lowest BCUT2D eigenvalue weighted by Crippen LogP contribution is -2.33. The van der Waals surface area contributed by atoms with Crippen LogP contribution in [-0.4, -0.2) is 20.9 Å². The summed E-state index contributed by atoms with van der Waals surface area (Å²) in [4.78, 5) is 12.3. The van der Waals surface area contributed by atoms with Crippen molar-refractivity contribution in [2.24, 2.45) is 0 Å². The minimum atomic E-state index is -0.0605. The van der Waals surface area contributed by atoms with Gasteiger partial charge < -0.3 is 9.73 Å². The fraction of sp³-hybridized carbons (Fsp3) is 0.312. The number of hydrogen-bond donors (Lipinski definition) is 1. The number of aryl methyl sites for hydroxylation is 1. The second kappa shape index (κ2) is 5.29. The van der Waals surface area contributed by atoms with Gasteiger partial charge in [0.25, 0.3) is 0 Å². The normalized spacial score (nSPS) is 17.4. The van der Waals surface area contributed by atoms with Gasteiger partial charge in [0.05, 0.1) is 17.8 Å². The molecule has 1 aromatic carbocycles. The SMILES string of the molecule is O=C(Cn1nnc2ccccc21)N[C@@H]1CCCc2occc21. The maximum absolute atomic E-state index is 12.3. The lowest BCUT2D eigenvalue weighted by molar-refractivity contribution is -0.122.